The summed E-state index contributed by atoms with van der Waals surface area (Å²) in [5.74, 6) is 0.950. The van der Waals surface area contributed by atoms with E-state index in [-0.39, 0.29) is 24.6 Å². The van der Waals surface area contributed by atoms with E-state index in [1.807, 2.05) is 18.2 Å². The van der Waals surface area contributed by atoms with E-state index >= 15 is 0 Å². The first-order valence-electron chi connectivity index (χ1n) is 8.89. The van der Waals surface area contributed by atoms with E-state index in [1.54, 1.807) is 43.4 Å². The number of ether oxygens (including phenoxy) is 2. The Morgan fingerprint density at radius 3 is 2.45 bits per heavy atom. The van der Waals surface area contributed by atoms with Gasteiger partial charge in [0.05, 0.1) is 31.0 Å². The Labute approximate surface area is 172 Å². The number of amides is 2. The zero-order valence-corrected chi connectivity index (χ0v) is 17.0. The molecule has 8 nitrogen and oxygen atoms in total. The lowest BCUT2D eigenvalue weighted by atomic mass is 10.2. The molecule has 1 aromatic heterocycles. The minimum Gasteiger partial charge on any atom is -0.497 e. The molecule has 152 valence electrons. The molecule has 0 radical (unpaired) electrons. The molecule has 2 aromatic carbocycles. The summed E-state index contributed by atoms with van der Waals surface area (Å²) in [7, 11) is 3.18. The van der Waals surface area contributed by atoms with Gasteiger partial charge in [0.2, 0.25) is 11.8 Å². The summed E-state index contributed by atoms with van der Waals surface area (Å²) in [5, 5.41) is 0.631. The Balaban J connectivity index is 1.72. The van der Waals surface area contributed by atoms with Gasteiger partial charge >= 0.3 is 0 Å². The zero-order chi connectivity index (χ0) is 20.8. The van der Waals surface area contributed by atoms with Crippen LogP contribution in [0.1, 0.15) is 6.42 Å². The molecule has 29 heavy (non-hydrogen) atoms. The number of rotatable bonds is 9. The van der Waals surface area contributed by atoms with Crippen LogP contribution in [0.3, 0.4) is 0 Å². The number of nitrogens with one attached hydrogen (secondary N) is 1. The number of hydrogen-bond donors (Lipinski definition) is 2. The molecule has 1 heterocycles. The number of anilines is 1. The average Bonchev–Trinajstić information content (AvgIpc) is 3.14. The summed E-state index contributed by atoms with van der Waals surface area (Å²) in [4.78, 5) is 33.3. The van der Waals surface area contributed by atoms with E-state index in [1.165, 1.54) is 11.8 Å². The summed E-state index contributed by atoms with van der Waals surface area (Å²) in [6.07, 6.45) is 0.0763. The number of primary amides is 1. The van der Waals surface area contributed by atoms with E-state index in [2.05, 4.69) is 9.97 Å². The van der Waals surface area contributed by atoms with Gasteiger partial charge in [-0.25, -0.2) is 4.98 Å². The normalized spacial score (nSPS) is 10.7. The summed E-state index contributed by atoms with van der Waals surface area (Å²) in [6.45, 7) is 0.207. The molecule has 9 heteroatoms. The van der Waals surface area contributed by atoms with Gasteiger partial charge in [-0.2, -0.15) is 0 Å². The third-order valence-corrected chi connectivity index (χ3v) is 5.12. The number of nitrogens with zero attached hydrogens (tertiary/aromatic N) is 2. The fourth-order valence-corrected chi connectivity index (χ4v) is 3.51. The third kappa shape index (κ3) is 5.20. The molecular formula is C20H22N4O4S. The lowest BCUT2D eigenvalue weighted by molar-refractivity contribution is -0.118. The number of carbonyl (C=O) groups is 2. The van der Waals surface area contributed by atoms with Crippen LogP contribution in [0.25, 0.3) is 11.0 Å². The standard InChI is InChI=1S/C20H22N4O4S/c1-27-14-5-3-13(4-6-14)24(10-9-18(21)25)19(26)12-29-20-22-16-8-7-15(28-2)11-17(16)23-20/h3-8,11H,9-10,12H2,1-2H3,(H2,21,25)(H,22,23). The highest BCUT2D eigenvalue weighted by Gasteiger charge is 2.18. The number of aromatic amines is 1. The van der Waals surface area contributed by atoms with Gasteiger partial charge in [-0.1, -0.05) is 11.8 Å². The lowest BCUT2D eigenvalue weighted by Crippen LogP contribution is -2.35. The van der Waals surface area contributed by atoms with Gasteiger partial charge in [-0.15, -0.1) is 0 Å². The number of H-pyrrole nitrogens is 1. The highest BCUT2D eigenvalue weighted by atomic mass is 32.2. The SMILES string of the molecule is COc1ccc(N(CCC(N)=O)C(=O)CSc2nc3ccc(OC)cc3[nH]2)cc1. The smallest absolute Gasteiger partial charge is 0.237 e. The fraction of sp³-hybridized carbons (Fsp3) is 0.250. The van der Waals surface area contributed by atoms with Crippen molar-refractivity contribution in [2.45, 2.75) is 11.6 Å². The summed E-state index contributed by atoms with van der Waals surface area (Å²) >= 11 is 1.29. The molecule has 0 fully saturated rings. The van der Waals surface area contributed by atoms with Crippen molar-refractivity contribution >= 4 is 40.3 Å². The van der Waals surface area contributed by atoms with Gasteiger partial charge in [-0.3, -0.25) is 9.59 Å². The number of carbonyl (C=O) groups excluding carboxylic acids is 2. The molecule has 0 bridgehead atoms. The van der Waals surface area contributed by atoms with Gasteiger partial charge in [0.25, 0.3) is 0 Å². The maximum absolute atomic E-state index is 12.9. The number of fused-ring (bicyclic) bond motifs is 1. The summed E-state index contributed by atoms with van der Waals surface area (Å²) < 4.78 is 10.4. The van der Waals surface area contributed by atoms with Crippen LogP contribution in [0.15, 0.2) is 47.6 Å². The van der Waals surface area contributed by atoms with Crippen LogP contribution >= 0.6 is 11.8 Å². The van der Waals surface area contributed by atoms with Crippen LogP contribution in [0.5, 0.6) is 11.5 Å². The first-order chi connectivity index (χ1) is 14.0. The largest absolute Gasteiger partial charge is 0.497 e. The van der Waals surface area contributed by atoms with Crippen LogP contribution in [-0.2, 0) is 9.59 Å². The minimum atomic E-state index is -0.463. The molecule has 0 aliphatic rings. The fourth-order valence-electron chi connectivity index (χ4n) is 2.75. The van der Waals surface area contributed by atoms with Crippen molar-refractivity contribution in [1.82, 2.24) is 9.97 Å². The molecule has 0 saturated carbocycles. The van der Waals surface area contributed by atoms with Crippen molar-refractivity contribution in [3.63, 3.8) is 0 Å². The van der Waals surface area contributed by atoms with E-state index < -0.39 is 5.91 Å². The van der Waals surface area contributed by atoms with E-state index in [0.29, 0.717) is 16.6 Å². The zero-order valence-electron chi connectivity index (χ0n) is 16.2. The Kier molecular flexibility index (Phi) is 6.61. The Morgan fingerprint density at radius 1 is 1.10 bits per heavy atom. The van der Waals surface area contributed by atoms with Crippen molar-refractivity contribution in [3.8, 4) is 11.5 Å². The summed E-state index contributed by atoms with van der Waals surface area (Å²) in [6, 6.07) is 12.6. The van der Waals surface area contributed by atoms with Crippen LogP contribution in [0, 0.1) is 0 Å². The highest BCUT2D eigenvalue weighted by molar-refractivity contribution is 7.99. The molecule has 2 amide bonds. The second-order valence-corrected chi connectivity index (χ2v) is 7.14. The maximum atomic E-state index is 12.9. The second-order valence-electron chi connectivity index (χ2n) is 6.17. The third-order valence-electron chi connectivity index (χ3n) is 4.27. The molecule has 3 aromatic rings. The van der Waals surface area contributed by atoms with Gasteiger partial charge in [0.15, 0.2) is 5.16 Å². The van der Waals surface area contributed by atoms with E-state index in [9.17, 15) is 9.59 Å². The van der Waals surface area contributed by atoms with Crippen molar-refractivity contribution in [3.05, 3.63) is 42.5 Å². The molecule has 3 rings (SSSR count). The van der Waals surface area contributed by atoms with Crippen LogP contribution < -0.4 is 20.1 Å². The summed E-state index contributed by atoms with van der Waals surface area (Å²) in [5.41, 5.74) is 7.57. The molecule has 0 aliphatic heterocycles. The van der Waals surface area contributed by atoms with Gasteiger partial charge in [-0.05, 0) is 36.4 Å². The Bertz CT molecular complexity index is 1000. The van der Waals surface area contributed by atoms with Crippen molar-refractivity contribution in [2.24, 2.45) is 5.73 Å². The van der Waals surface area contributed by atoms with E-state index in [0.717, 1.165) is 16.8 Å². The molecule has 0 spiro atoms. The number of aromatic nitrogens is 2. The number of imidazole rings is 1. The number of thioether (sulfide) groups is 1. The lowest BCUT2D eigenvalue weighted by Gasteiger charge is -2.22. The van der Waals surface area contributed by atoms with Crippen molar-refractivity contribution in [2.75, 3.05) is 31.4 Å². The number of hydrogen-bond acceptors (Lipinski definition) is 6. The van der Waals surface area contributed by atoms with Crippen molar-refractivity contribution < 1.29 is 19.1 Å². The average molecular weight is 414 g/mol. The monoisotopic (exact) mass is 414 g/mol. The maximum Gasteiger partial charge on any atom is 0.237 e. The van der Waals surface area contributed by atoms with Crippen LogP contribution in [0.2, 0.25) is 0 Å². The molecular weight excluding hydrogens is 392 g/mol. The predicted octanol–water partition coefficient (Wildman–Crippen LogP) is 2.58. The first kappa shape index (κ1) is 20.5. The van der Waals surface area contributed by atoms with Crippen molar-refractivity contribution in [1.29, 1.82) is 0 Å². The molecule has 0 atom stereocenters. The topological polar surface area (TPSA) is 111 Å². The van der Waals surface area contributed by atoms with Gasteiger partial charge in [0.1, 0.15) is 11.5 Å². The highest BCUT2D eigenvalue weighted by Crippen LogP contribution is 2.25. The van der Waals surface area contributed by atoms with Gasteiger partial charge in [0, 0.05) is 24.7 Å². The Morgan fingerprint density at radius 2 is 1.79 bits per heavy atom. The molecule has 0 saturated heterocycles. The second kappa shape index (κ2) is 9.33. The minimum absolute atomic E-state index is 0.0763. The van der Waals surface area contributed by atoms with Crippen LogP contribution in [0.4, 0.5) is 5.69 Å². The first-order valence-corrected chi connectivity index (χ1v) is 9.88. The Hall–Kier alpha value is -3.20. The predicted molar refractivity (Wildman–Crippen MR) is 113 cm³/mol. The molecule has 3 N–H and O–H groups in total. The quantitative estimate of drug-likeness (QED) is 0.521. The number of methoxy groups -OCH3 is 2. The molecule has 0 unspecified atom stereocenters. The van der Waals surface area contributed by atoms with Crippen LogP contribution in [-0.4, -0.2) is 48.3 Å². The van der Waals surface area contributed by atoms with Gasteiger partial charge < -0.3 is 25.1 Å². The number of nitrogens with two attached hydrogens (primary N) is 1. The van der Waals surface area contributed by atoms with E-state index in [4.69, 9.17) is 15.2 Å². The molecule has 0 aliphatic carbocycles. The number of benzene rings is 2.